The van der Waals surface area contributed by atoms with Crippen LogP contribution in [0.2, 0.25) is 0 Å². The molecule has 0 aromatic carbocycles. The highest BCUT2D eigenvalue weighted by molar-refractivity contribution is 4.95. The molecular formula is C18H35N. The molecule has 2 fully saturated rings. The molecule has 0 aliphatic heterocycles. The van der Waals surface area contributed by atoms with Crippen molar-refractivity contribution in [2.45, 2.75) is 85.1 Å². The molecule has 0 saturated heterocycles. The third kappa shape index (κ3) is 3.17. The molecule has 112 valence electrons. The van der Waals surface area contributed by atoms with E-state index in [1.807, 2.05) is 0 Å². The van der Waals surface area contributed by atoms with Crippen molar-refractivity contribution in [1.29, 1.82) is 0 Å². The fourth-order valence-electron chi connectivity index (χ4n) is 5.00. The molecule has 19 heavy (non-hydrogen) atoms. The molecular weight excluding hydrogens is 230 g/mol. The summed E-state index contributed by atoms with van der Waals surface area (Å²) >= 11 is 0. The van der Waals surface area contributed by atoms with Gasteiger partial charge in [0.1, 0.15) is 0 Å². The van der Waals surface area contributed by atoms with Gasteiger partial charge in [0.2, 0.25) is 0 Å². The van der Waals surface area contributed by atoms with Crippen LogP contribution in [0.5, 0.6) is 0 Å². The molecule has 0 bridgehead atoms. The third-order valence-corrected chi connectivity index (χ3v) is 6.64. The lowest BCUT2D eigenvalue weighted by atomic mass is 9.54. The summed E-state index contributed by atoms with van der Waals surface area (Å²) in [4.78, 5) is 0. The molecule has 0 amide bonds. The molecule has 0 aromatic heterocycles. The van der Waals surface area contributed by atoms with Gasteiger partial charge in [0, 0.05) is 6.04 Å². The highest BCUT2D eigenvalue weighted by Gasteiger charge is 2.44. The zero-order valence-electron chi connectivity index (χ0n) is 13.6. The van der Waals surface area contributed by atoms with Gasteiger partial charge in [-0.3, -0.25) is 0 Å². The molecule has 0 aromatic rings. The molecule has 2 N–H and O–H groups in total. The standard InChI is InChI=1S/C18H35N/c1-13(2)15-9-11-18(12-10-15,14(3)4)16-5-7-17(19)8-6-16/h13-17H,5-12,19H2,1-4H3. The van der Waals surface area contributed by atoms with E-state index in [2.05, 4.69) is 27.7 Å². The van der Waals surface area contributed by atoms with E-state index in [-0.39, 0.29) is 0 Å². The Morgan fingerprint density at radius 1 is 0.842 bits per heavy atom. The summed E-state index contributed by atoms with van der Waals surface area (Å²) in [7, 11) is 0. The Balaban J connectivity index is 2.04. The van der Waals surface area contributed by atoms with Crippen LogP contribution in [-0.4, -0.2) is 6.04 Å². The van der Waals surface area contributed by atoms with Crippen LogP contribution >= 0.6 is 0 Å². The van der Waals surface area contributed by atoms with E-state index in [0.29, 0.717) is 11.5 Å². The van der Waals surface area contributed by atoms with Gasteiger partial charge in [-0.25, -0.2) is 0 Å². The summed E-state index contributed by atoms with van der Waals surface area (Å²) in [6.45, 7) is 9.77. The van der Waals surface area contributed by atoms with Gasteiger partial charge < -0.3 is 5.73 Å². The first-order chi connectivity index (χ1) is 8.95. The Kier molecular flexibility index (Phi) is 4.98. The molecule has 0 atom stereocenters. The molecule has 1 heteroatoms. The van der Waals surface area contributed by atoms with Crippen LogP contribution in [0.4, 0.5) is 0 Å². The third-order valence-electron chi connectivity index (χ3n) is 6.64. The Bertz CT molecular complexity index is 265. The summed E-state index contributed by atoms with van der Waals surface area (Å²) in [5.41, 5.74) is 6.75. The maximum absolute atomic E-state index is 6.11. The Morgan fingerprint density at radius 3 is 1.79 bits per heavy atom. The van der Waals surface area contributed by atoms with Gasteiger partial charge in [-0.2, -0.15) is 0 Å². The number of nitrogens with two attached hydrogens (primary N) is 1. The van der Waals surface area contributed by atoms with Gasteiger partial charge >= 0.3 is 0 Å². The Morgan fingerprint density at radius 2 is 1.37 bits per heavy atom. The predicted octanol–water partition coefficient (Wildman–Crippen LogP) is 4.99. The minimum Gasteiger partial charge on any atom is -0.328 e. The molecule has 0 radical (unpaired) electrons. The molecule has 1 nitrogen and oxygen atoms in total. The minimum absolute atomic E-state index is 0.493. The van der Waals surface area contributed by atoms with Gasteiger partial charge in [-0.1, -0.05) is 27.7 Å². The van der Waals surface area contributed by atoms with E-state index in [9.17, 15) is 0 Å². The van der Waals surface area contributed by atoms with Crippen LogP contribution in [-0.2, 0) is 0 Å². The maximum atomic E-state index is 6.11. The van der Waals surface area contributed by atoms with Crippen LogP contribution in [0, 0.1) is 29.1 Å². The van der Waals surface area contributed by atoms with Crippen molar-refractivity contribution >= 4 is 0 Å². The first kappa shape index (κ1) is 15.4. The average Bonchev–Trinajstić information content (AvgIpc) is 2.39. The number of hydrogen-bond donors (Lipinski definition) is 1. The first-order valence-corrected chi connectivity index (χ1v) is 8.71. The van der Waals surface area contributed by atoms with Crippen LogP contribution < -0.4 is 5.73 Å². The molecule has 0 spiro atoms. The lowest BCUT2D eigenvalue weighted by Crippen LogP contribution is -2.43. The van der Waals surface area contributed by atoms with Crippen LogP contribution in [0.15, 0.2) is 0 Å². The monoisotopic (exact) mass is 265 g/mol. The van der Waals surface area contributed by atoms with Crippen molar-refractivity contribution in [3.05, 3.63) is 0 Å². The van der Waals surface area contributed by atoms with Gasteiger partial charge in [0.15, 0.2) is 0 Å². The normalized spacial score (nSPS) is 40.9. The first-order valence-electron chi connectivity index (χ1n) is 8.71. The second-order valence-corrected chi connectivity index (χ2v) is 8.08. The zero-order chi connectivity index (χ0) is 14.0. The molecule has 0 heterocycles. The topological polar surface area (TPSA) is 26.0 Å². The second-order valence-electron chi connectivity index (χ2n) is 8.08. The van der Waals surface area contributed by atoms with E-state index in [4.69, 9.17) is 5.73 Å². The smallest absolute Gasteiger partial charge is 0.00390 e. The lowest BCUT2D eigenvalue weighted by molar-refractivity contribution is -0.00485. The largest absolute Gasteiger partial charge is 0.328 e. The van der Waals surface area contributed by atoms with E-state index >= 15 is 0 Å². The summed E-state index contributed by atoms with van der Waals surface area (Å²) in [6, 6.07) is 0.493. The summed E-state index contributed by atoms with van der Waals surface area (Å²) in [5, 5.41) is 0. The summed E-state index contributed by atoms with van der Waals surface area (Å²) < 4.78 is 0. The molecule has 2 saturated carbocycles. The SMILES string of the molecule is CC(C)C1CCC(C(C)C)(C2CCC(N)CC2)CC1. The molecule has 2 aliphatic rings. The second kappa shape index (κ2) is 6.16. The van der Waals surface area contributed by atoms with Crippen molar-refractivity contribution in [3.63, 3.8) is 0 Å². The van der Waals surface area contributed by atoms with Gasteiger partial charge in [-0.05, 0) is 80.5 Å². The van der Waals surface area contributed by atoms with Gasteiger partial charge in [-0.15, -0.1) is 0 Å². The van der Waals surface area contributed by atoms with Gasteiger partial charge in [0.05, 0.1) is 0 Å². The van der Waals surface area contributed by atoms with E-state index in [1.165, 1.54) is 51.4 Å². The van der Waals surface area contributed by atoms with Gasteiger partial charge in [0.25, 0.3) is 0 Å². The highest BCUT2D eigenvalue weighted by atomic mass is 14.6. The predicted molar refractivity (Wildman–Crippen MR) is 84.0 cm³/mol. The summed E-state index contributed by atoms with van der Waals surface area (Å²) in [6.07, 6.45) is 11.2. The molecule has 2 aliphatic carbocycles. The summed E-state index contributed by atoms with van der Waals surface area (Å²) in [5.74, 6) is 3.67. The van der Waals surface area contributed by atoms with E-state index < -0.39 is 0 Å². The molecule has 2 rings (SSSR count). The van der Waals surface area contributed by atoms with Crippen molar-refractivity contribution in [2.24, 2.45) is 34.8 Å². The fourth-order valence-corrected chi connectivity index (χ4v) is 5.00. The van der Waals surface area contributed by atoms with E-state index in [0.717, 1.165) is 23.7 Å². The minimum atomic E-state index is 0.493. The van der Waals surface area contributed by atoms with Crippen LogP contribution in [0.1, 0.15) is 79.1 Å². The van der Waals surface area contributed by atoms with E-state index in [1.54, 1.807) is 0 Å². The van der Waals surface area contributed by atoms with Crippen LogP contribution in [0.25, 0.3) is 0 Å². The quantitative estimate of drug-likeness (QED) is 0.764. The molecule has 0 unspecified atom stereocenters. The average molecular weight is 265 g/mol. The van der Waals surface area contributed by atoms with Crippen molar-refractivity contribution in [1.82, 2.24) is 0 Å². The fraction of sp³-hybridized carbons (Fsp3) is 1.00. The van der Waals surface area contributed by atoms with Crippen LogP contribution in [0.3, 0.4) is 0 Å². The highest BCUT2D eigenvalue weighted by Crippen LogP contribution is 2.54. The lowest BCUT2D eigenvalue weighted by Gasteiger charge is -2.51. The van der Waals surface area contributed by atoms with Crippen molar-refractivity contribution in [3.8, 4) is 0 Å². The number of rotatable bonds is 3. The van der Waals surface area contributed by atoms with Crippen molar-refractivity contribution in [2.75, 3.05) is 0 Å². The van der Waals surface area contributed by atoms with Crippen molar-refractivity contribution < 1.29 is 0 Å². The Hall–Kier alpha value is -0.0400. The zero-order valence-corrected chi connectivity index (χ0v) is 13.6. The maximum Gasteiger partial charge on any atom is 0.00390 e. The Labute approximate surface area is 120 Å². The number of hydrogen-bond acceptors (Lipinski definition) is 1.